The minimum absolute atomic E-state index is 0.153. The van der Waals surface area contributed by atoms with Gasteiger partial charge >= 0.3 is 6.18 Å². The highest BCUT2D eigenvalue weighted by atomic mass is 32.1. The molecular weight excluding hydrogens is 377 g/mol. The second-order valence-electron chi connectivity index (χ2n) is 6.73. The number of ether oxygens (including phenoxy) is 1. The lowest BCUT2D eigenvalue weighted by Gasteiger charge is -2.23. The zero-order chi connectivity index (χ0) is 20.1. The van der Waals surface area contributed by atoms with Crippen molar-refractivity contribution in [3.8, 4) is 5.75 Å². The van der Waals surface area contributed by atoms with Crippen molar-refractivity contribution in [2.45, 2.75) is 45.6 Å². The van der Waals surface area contributed by atoms with Crippen molar-refractivity contribution in [3.63, 3.8) is 0 Å². The third-order valence-electron chi connectivity index (χ3n) is 3.31. The van der Waals surface area contributed by atoms with Gasteiger partial charge in [0.1, 0.15) is 16.4 Å². The normalized spacial score (nSPS) is 12.8. The zero-order valence-corrected chi connectivity index (χ0v) is 16.5. The van der Waals surface area contributed by atoms with Gasteiger partial charge in [0.05, 0.1) is 6.54 Å². The van der Waals surface area contributed by atoms with Gasteiger partial charge in [-0.25, -0.2) is 4.98 Å². The van der Waals surface area contributed by atoms with E-state index < -0.39 is 11.9 Å². The van der Waals surface area contributed by atoms with Gasteiger partial charge in [-0.3, -0.25) is 4.99 Å². The van der Waals surface area contributed by atoms with Gasteiger partial charge in [-0.15, -0.1) is 11.3 Å². The van der Waals surface area contributed by atoms with E-state index >= 15 is 0 Å². The van der Waals surface area contributed by atoms with Gasteiger partial charge in [0.15, 0.2) is 11.7 Å². The van der Waals surface area contributed by atoms with Crippen LogP contribution in [-0.4, -0.2) is 23.6 Å². The Labute approximate surface area is 160 Å². The maximum Gasteiger partial charge on any atom is 0.434 e. The van der Waals surface area contributed by atoms with Crippen molar-refractivity contribution in [2.24, 2.45) is 4.99 Å². The minimum atomic E-state index is -4.43. The number of benzene rings is 1. The molecule has 2 aromatic rings. The first-order chi connectivity index (χ1) is 12.6. The summed E-state index contributed by atoms with van der Waals surface area (Å²) >= 11 is 0.956. The van der Waals surface area contributed by atoms with Gasteiger partial charge in [-0.05, 0) is 26.8 Å². The average molecular weight is 400 g/mol. The summed E-state index contributed by atoms with van der Waals surface area (Å²) in [4.78, 5) is 7.67. The van der Waals surface area contributed by atoms with E-state index in [1.54, 1.807) is 7.05 Å². The second kappa shape index (κ2) is 8.60. The van der Waals surface area contributed by atoms with E-state index in [1.807, 2.05) is 45.0 Å². The molecule has 5 nitrogen and oxygen atoms in total. The fourth-order valence-corrected chi connectivity index (χ4v) is 2.90. The molecule has 0 amide bonds. The highest BCUT2D eigenvalue weighted by Gasteiger charge is 2.33. The number of alkyl halides is 3. The van der Waals surface area contributed by atoms with Crippen molar-refractivity contribution in [1.29, 1.82) is 0 Å². The Morgan fingerprint density at radius 2 is 1.81 bits per heavy atom. The number of aromatic nitrogens is 1. The highest BCUT2D eigenvalue weighted by Crippen LogP contribution is 2.30. The van der Waals surface area contributed by atoms with Gasteiger partial charge in [-0.2, -0.15) is 13.2 Å². The minimum Gasteiger partial charge on any atom is -0.488 e. The molecule has 0 atom stereocenters. The predicted molar refractivity (Wildman–Crippen MR) is 101 cm³/mol. The molecule has 2 N–H and O–H groups in total. The molecule has 9 heteroatoms. The third-order valence-corrected chi connectivity index (χ3v) is 4.16. The number of halogens is 3. The van der Waals surface area contributed by atoms with Crippen LogP contribution in [0.5, 0.6) is 5.75 Å². The SMILES string of the molecule is CN=C(NCc1nc(C(F)(F)F)cs1)NCc1ccccc1OC(C)(C)C. The molecule has 0 fully saturated rings. The van der Waals surface area contributed by atoms with Gasteiger partial charge < -0.3 is 15.4 Å². The van der Waals surface area contributed by atoms with Gasteiger partial charge in [-0.1, -0.05) is 18.2 Å². The smallest absolute Gasteiger partial charge is 0.434 e. The average Bonchev–Trinajstić information content (AvgIpc) is 3.04. The monoisotopic (exact) mass is 400 g/mol. The molecule has 148 valence electrons. The number of guanidine groups is 1. The first-order valence-corrected chi connectivity index (χ1v) is 9.19. The topological polar surface area (TPSA) is 58.5 Å². The number of rotatable bonds is 5. The molecule has 0 bridgehead atoms. The fraction of sp³-hybridized carbons (Fsp3) is 0.444. The molecule has 0 saturated heterocycles. The van der Waals surface area contributed by atoms with E-state index in [1.165, 1.54) is 0 Å². The second-order valence-corrected chi connectivity index (χ2v) is 7.67. The van der Waals surface area contributed by atoms with Crippen LogP contribution in [0.3, 0.4) is 0 Å². The fourth-order valence-electron chi connectivity index (χ4n) is 2.16. The Morgan fingerprint density at radius 3 is 2.41 bits per heavy atom. The standard InChI is InChI=1S/C18H23F3N4OS/c1-17(2,3)26-13-8-6-5-7-12(13)9-23-16(22-4)24-10-15-25-14(11-27-15)18(19,20)21/h5-8,11H,9-10H2,1-4H3,(H2,22,23,24). The first-order valence-electron chi connectivity index (χ1n) is 8.31. The Morgan fingerprint density at radius 1 is 1.15 bits per heavy atom. The van der Waals surface area contributed by atoms with Crippen molar-refractivity contribution < 1.29 is 17.9 Å². The molecule has 0 saturated carbocycles. The molecule has 0 aliphatic heterocycles. The van der Waals surface area contributed by atoms with Crippen LogP contribution in [0.2, 0.25) is 0 Å². The molecule has 1 aromatic carbocycles. The van der Waals surface area contributed by atoms with Crippen LogP contribution in [0.1, 0.15) is 37.0 Å². The maximum absolute atomic E-state index is 12.6. The van der Waals surface area contributed by atoms with E-state index in [4.69, 9.17) is 4.74 Å². The molecule has 1 heterocycles. The number of nitrogens with one attached hydrogen (secondary N) is 2. The van der Waals surface area contributed by atoms with Crippen molar-refractivity contribution >= 4 is 17.3 Å². The predicted octanol–water partition coefficient (Wildman–Crippen LogP) is 4.20. The molecule has 27 heavy (non-hydrogen) atoms. The van der Waals surface area contributed by atoms with E-state index in [2.05, 4.69) is 20.6 Å². The number of para-hydroxylation sites is 1. The van der Waals surface area contributed by atoms with E-state index in [0.29, 0.717) is 17.5 Å². The summed E-state index contributed by atoms with van der Waals surface area (Å²) < 4.78 is 43.8. The van der Waals surface area contributed by atoms with Crippen LogP contribution in [0.25, 0.3) is 0 Å². The van der Waals surface area contributed by atoms with Crippen molar-refractivity contribution in [1.82, 2.24) is 15.6 Å². The van der Waals surface area contributed by atoms with Crippen LogP contribution in [0, 0.1) is 0 Å². The van der Waals surface area contributed by atoms with Gasteiger partial charge in [0.25, 0.3) is 0 Å². The summed E-state index contributed by atoms with van der Waals surface area (Å²) in [7, 11) is 1.59. The Kier molecular flexibility index (Phi) is 6.69. The molecule has 0 radical (unpaired) electrons. The summed E-state index contributed by atoms with van der Waals surface area (Å²) in [5.41, 5.74) is -0.249. The molecule has 1 aromatic heterocycles. The summed E-state index contributed by atoms with van der Waals surface area (Å²) in [5, 5.41) is 7.44. The summed E-state index contributed by atoms with van der Waals surface area (Å²) in [5.74, 6) is 1.23. The number of aliphatic imine (C=N–C) groups is 1. The molecule has 0 aliphatic rings. The number of thiazole rings is 1. The molecule has 0 unspecified atom stereocenters. The highest BCUT2D eigenvalue weighted by molar-refractivity contribution is 7.09. The maximum atomic E-state index is 12.6. The molecule has 2 rings (SSSR count). The Bertz CT molecular complexity index is 781. The van der Waals surface area contributed by atoms with Gasteiger partial charge in [0, 0.05) is 24.5 Å². The Hall–Kier alpha value is -2.29. The van der Waals surface area contributed by atoms with E-state index in [9.17, 15) is 13.2 Å². The summed E-state index contributed by atoms with van der Waals surface area (Å²) in [6.45, 7) is 6.53. The van der Waals surface area contributed by atoms with Crippen LogP contribution in [0.4, 0.5) is 13.2 Å². The number of nitrogens with zero attached hydrogens (tertiary/aromatic N) is 2. The lowest BCUT2D eigenvalue weighted by atomic mass is 10.1. The van der Waals surface area contributed by atoms with E-state index in [0.717, 1.165) is 28.0 Å². The molecular formula is C18H23F3N4OS. The van der Waals surface area contributed by atoms with Crippen LogP contribution in [0.15, 0.2) is 34.6 Å². The summed E-state index contributed by atoms with van der Waals surface area (Å²) in [6.07, 6.45) is -4.43. The largest absolute Gasteiger partial charge is 0.488 e. The van der Waals surface area contributed by atoms with Gasteiger partial charge in [0.2, 0.25) is 0 Å². The van der Waals surface area contributed by atoms with Crippen molar-refractivity contribution in [3.05, 3.63) is 45.9 Å². The summed E-state index contributed by atoms with van der Waals surface area (Å²) in [6, 6.07) is 7.65. The quantitative estimate of drug-likeness (QED) is 0.583. The first kappa shape index (κ1) is 21.0. The number of hydrogen-bond donors (Lipinski definition) is 2. The van der Waals surface area contributed by atoms with Crippen LogP contribution < -0.4 is 15.4 Å². The molecule has 0 spiro atoms. The Balaban J connectivity index is 1.94. The van der Waals surface area contributed by atoms with Crippen molar-refractivity contribution in [2.75, 3.05) is 7.05 Å². The van der Waals surface area contributed by atoms with Crippen LogP contribution in [-0.2, 0) is 19.3 Å². The number of hydrogen-bond acceptors (Lipinski definition) is 4. The van der Waals surface area contributed by atoms with E-state index in [-0.39, 0.29) is 12.1 Å². The molecule has 0 aliphatic carbocycles. The zero-order valence-electron chi connectivity index (χ0n) is 15.6. The third kappa shape index (κ3) is 6.74. The van der Waals surface area contributed by atoms with Crippen LogP contribution >= 0.6 is 11.3 Å². The lowest BCUT2D eigenvalue weighted by Crippen LogP contribution is -2.36. The lowest BCUT2D eigenvalue weighted by molar-refractivity contribution is -0.140.